The maximum Gasteiger partial charge on any atom is 0.338 e. The van der Waals surface area contributed by atoms with Crippen LogP contribution in [0.1, 0.15) is 56.0 Å². The number of likely N-dealkylation sites (tertiary alicyclic amines) is 1. The molecule has 2 aliphatic heterocycles. The summed E-state index contributed by atoms with van der Waals surface area (Å²) < 4.78 is 5.01. The number of amides is 2. The van der Waals surface area contributed by atoms with Crippen LogP contribution in [-0.2, 0) is 11.3 Å². The molecule has 24 heavy (non-hydrogen) atoms. The monoisotopic (exact) mass is 328 g/mol. The van der Waals surface area contributed by atoms with Crippen LogP contribution >= 0.6 is 0 Å². The van der Waals surface area contributed by atoms with E-state index in [2.05, 4.69) is 26.1 Å². The number of cyclic esters (lactones) is 1. The molecule has 1 aliphatic carbocycles. The third kappa shape index (κ3) is 2.56. The molecule has 2 unspecified atom stereocenters. The summed E-state index contributed by atoms with van der Waals surface area (Å²) in [5.41, 5.74) is 2.67. The molecule has 2 fully saturated rings. The van der Waals surface area contributed by atoms with E-state index >= 15 is 0 Å². The fourth-order valence-electron chi connectivity index (χ4n) is 5.10. The third-order valence-corrected chi connectivity index (χ3v) is 5.61. The van der Waals surface area contributed by atoms with E-state index in [0.717, 1.165) is 30.6 Å². The number of fused-ring (bicyclic) bond motifs is 3. The van der Waals surface area contributed by atoms with E-state index in [1.165, 1.54) is 6.42 Å². The molecule has 128 valence electrons. The van der Waals surface area contributed by atoms with E-state index in [1.807, 2.05) is 11.0 Å². The number of hydrogen-bond acceptors (Lipinski definition) is 3. The van der Waals surface area contributed by atoms with Gasteiger partial charge in [-0.1, -0.05) is 20.8 Å². The summed E-state index contributed by atoms with van der Waals surface area (Å²) in [6.45, 7) is 8.01. The zero-order valence-electron chi connectivity index (χ0n) is 14.5. The first kappa shape index (κ1) is 15.5. The quantitative estimate of drug-likeness (QED) is 0.798. The van der Waals surface area contributed by atoms with E-state index < -0.39 is 0 Å². The number of carbonyl (C=O) groups excluding carboxylic acids is 2. The molecule has 5 nitrogen and oxygen atoms in total. The van der Waals surface area contributed by atoms with Crippen molar-refractivity contribution in [1.82, 2.24) is 4.90 Å². The molecular formula is C19H24N2O3. The van der Waals surface area contributed by atoms with Crippen molar-refractivity contribution >= 4 is 17.7 Å². The van der Waals surface area contributed by atoms with Gasteiger partial charge in [0, 0.05) is 23.8 Å². The second kappa shape index (κ2) is 4.98. The molecule has 1 aromatic rings. The van der Waals surface area contributed by atoms with Gasteiger partial charge in [-0.05, 0) is 48.3 Å². The Hall–Kier alpha value is -2.04. The summed E-state index contributed by atoms with van der Waals surface area (Å²) in [4.78, 5) is 26.3. The minimum atomic E-state index is -0.286. The second-order valence-corrected chi connectivity index (χ2v) is 8.72. The normalized spacial score (nSPS) is 30.0. The number of rotatable bonds is 1. The Morgan fingerprint density at radius 2 is 2.08 bits per heavy atom. The number of benzene rings is 1. The van der Waals surface area contributed by atoms with Gasteiger partial charge in [0.1, 0.15) is 6.61 Å². The Labute approximate surface area is 142 Å². The van der Waals surface area contributed by atoms with Gasteiger partial charge in [-0.2, -0.15) is 0 Å². The van der Waals surface area contributed by atoms with Gasteiger partial charge in [0.05, 0.1) is 5.56 Å². The van der Waals surface area contributed by atoms with Crippen molar-refractivity contribution in [3.8, 4) is 0 Å². The van der Waals surface area contributed by atoms with E-state index in [1.54, 1.807) is 12.1 Å². The number of esters is 1. The molecule has 0 radical (unpaired) electrons. The predicted octanol–water partition coefficient (Wildman–Crippen LogP) is 3.79. The fraction of sp³-hybridized carbons (Fsp3) is 0.579. The minimum absolute atomic E-state index is 0.0355. The van der Waals surface area contributed by atoms with Gasteiger partial charge in [-0.3, -0.25) is 0 Å². The molecule has 0 spiro atoms. The molecule has 0 aromatic heterocycles. The standard InChI is InChI=1S/C19H24N2O3/c1-18(2)7-14-8-19(3,10-18)11-21(14)17(23)20-13-4-5-15-12(6-13)9-24-16(15)22/h4-6,14H,7-11H2,1-3H3,(H,20,23). The van der Waals surface area contributed by atoms with Crippen LogP contribution in [0.3, 0.4) is 0 Å². The van der Waals surface area contributed by atoms with Gasteiger partial charge in [0.15, 0.2) is 0 Å². The SMILES string of the molecule is CC1(C)CC2CC(C)(CN2C(=O)Nc2ccc3c(c2)COC3=O)C1. The Kier molecular flexibility index (Phi) is 3.21. The topological polar surface area (TPSA) is 58.6 Å². The van der Waals surface area contributed by atoms with Crippen molar-refractivity contribution in [3.05, 3.63) is 29.3 Å². The van der Waals surface area contributed by atoms with Crippen LogP contribution in [0.15, 0.2) is 18.2 Å². The molecular weight excluding hydrogens is 304 g/mol. The Morgan fingerprint density at radius 3 is 2.88 bits per heavy atom. The lowest BCUT2D eigenvalue weighted by Gasteiger charge is -2.39. The molecule has 1 aromatic carbocycles. The van der Waals surface area contributed by atoms with Crippen LogP contribution in [-0.4, -0.2) is 29.5 Å². The predicted molar refractivity (Wildman–Crippen MR) is 90.8 cm³/mol. The summed E-state index contributed by atoms with van der Waals surface area (Å²) in [5, 5.41) is 3.01. The number of nitrogens with zero attached hydrogens (tertiary/aromatic N) is 1. The number of ether oxygens (including phenoxy) is 1. The number of hydrogen-bond donors (Lipinski definition) is 1. The van der Waals surface area contributed by atoms with E-state index in [-0.39, 0.29) is 29.4 Å². The van der Waals surface area contributed by atoms with Crippen molar-refractivity contribution < 1.29 is 14.3 Å². The van der Waals surface area contributed by atoms with Crippen LogP contribution in [0.4, 0.5) is 10.5 Å². The van der Waals surface area contributed by atoms with Crippen LogP contribution < -0.4 is 5.32 Å². The average molecular weight is 328 g/mol. The van der Waals surface area contributed by atoms with Crippen molar-refractivity contribution in [2.75, 3.05) is 11.9 Å². The highest BCUT2D eigenvalue weighted by Gasteiger charge is 2.51. The van der Waals surface area contributed by atoms with E-state index in [4.69, 9.17) is 4.74 Å². The largest absolute Gasteiger partial charge is 0.457 e. The van der Waals surface area contributed by atoms with E-state index in [0.29, 0.717) is 11.6 Å². The number of nitrogens with one attached hydrogen (secondary N) is 1. The summed E-state index contributed by atoms with van der Waals surface area (Å²) in [6.07, 6.45) is 3.32. The van der Waals surface area contributed by atoms with Gasteiger partial charge in [-0.25, -0.2) is 9.59 Å². The lowest BCUT2D eigenvalue weighted by Crippen LogP contribution is -2.40. The maximum atomic E-state index is 12.8. The molecule has 4 rings (SSSR count). The van der Waals surface area contributed by atoms with E-state index in [9.17, 15) is 9.59 Å². The lowest BCUT2D eigenvalue weighted by molar-refractivity contribution is 0.0535. The average Bonchev–Trinajstić information content (AvgIpc) is 2.95. The molecule has 1 saturated heterocycles. The van der Waals surface area contributed by atoms with Gasteiger partial charge in [0.2, 0.25) is 0 Å². The molecule has 3 aliphatic rings. The van der Waals surface area contributed by atoms with Crippen molar-refractivity contribution in [3.63, 3.8) is 0 Å². The highest BCUT2D eigenvalue weighted by Crippen LogP contribution is 2.52. The molecule has 5 heteroatoms. The second-order valence-electron chi connectivity index (χ2n) is 8.72. The molecule has 1 saturated carbocycles. The van der Waals surface area contributed by atoms with Crippen LogP contribution in [0, 0.1) is 10.8 Å². The van der Waals surface area contributed by atoms with Gasteiger partial charge >= 0.3 is 12.0 Å². The summed E-state index contributed by atoms with van der Waals surface area (Å²) in [7, 11) is 0. The van der Waals surface area contributed by atoms with Gasteiger partial charge in [-0.15, -0.1) is 0 Å². The Balaban J connectivity index is 1.50. The number of urea groups is 1. The highest BCUT2D eigenvalue weighted by atomic mass is 16.5. The number of carbonyl (C=O) groups is 2. The van der Waals surface area contributed by atoms with Crippen molar-refractivity contribution in [2.24, 2.45) is 10.8 Å². The Bertz CT molecular complexity index is 727. The zero-order valence-corrected chi connectivity index (χ0v) is 14.5. The first-order valence-corrected chi connectivity index (χ1v) is 8.62. The van der Waals surface area contributed by atoms with Crippen LogP contribution in [0.2, 0.25) is 0 Å². The highest BCUT2D eigenvalue weighted by molar-refractivity contribution is 5.95. The minimum Gasteiger partial charge on any atom is -0.457 e. The smallest absolute Gasteiger partial charge is 0.338 e. The molecule has 2 atom stereocenters. The number of anilines is 1. The summed E-state index contributed by atoms with van der Waals surface area (Å²) in [5.74, 6) is -0.286. The first-order valence-electron chi connectivity index (χ1n) is 8.62. The fourth-order valence-corrected chi connectivity index (χ4v) is 5.10. The van der Waals surface area contributed by atoms with Crippen LogP contribution in [0.5, 0.6) is 0 Å². The van der Waals surface area contributed by atoms with Crippen molar-refractivity contribution in [2.45, 2.75) is 52.7 Å². The summed E-state index contributed by atoms with van der Waals surface area (Å²) in [6, 6.07) is 5.63. The third-order valence-electron chi connectivity index (χ3n) is 5.61. The van der Waals surface area contributed by atoms with Gasteiger partial charge < -0.3 is 15.0 Å². The van der Waals surface area contributed by atoms with Crippen molar-refractivity contribution in [1.29, 1.82) is 0 Å². The molecule has 1 N–H and O–H groups in total. The maximum absolute atomic E-state index is 12.8. The Morgan fingerprint density at radius 1 is 1.29 bits per heavy atom. The van der Waals surface area contributed by atoms with Crippen LogP contribution in [0.25, 0.3) is 0 Å². The zero-order chi connectivity index (χ0) is 17.1. The lowest BCUT2D eigenvalue weighted by atomic mass is 9.65. The molecule has 2 heterocycles. The molecule has 2 amide bonds. The van der Waals surface area contributed by atoms with Gasteiger partial charge in [0.25, 0.3) is 0 Å². The molecule has 2 bridgehead atoms. The summed E-state index contributed by atoms with van der Waals surface area (Å²) >= 11 is 0. The first-order chi connectivity index (χ1) is 11.2.